The molecule has 0 bridgehead atoms. The molecule has 0 saturated carbocycles. The van der Waals surface area contributed by atoms with Crippen molar-refractivity contribution in [3.8, 4) is 6.07 Å². The molecule has 2 atom stereocenters. The number of alkyl carbamates (subject to hydrolysis) is 1. The summed E-state index contributed by atoms with van der Waals surface area (Å²) in [6.07, 6.45) is -5.65. The zero-order valence-electron chi connectivity index (χ0n) is 13.4. The molecule has 0 radical (unpaired) electrons. The Labute approximate surface area is 129 Å². The SMILES string of the molecule is CCC(CC#N)NCC(CC(F)(F)F)NC(=O)OC(C)(C)C. The number of hydrogen-bond acceptors (Lipinski definition) is 4. The van der Waals surface area contributed by atoms with Crippen molar-refractivity contribution in [2.75, 3.05) is 6.54 Å². The number of nitrogens with zero attached hydrogens (tertiary/aromatic N) is 1. The second-order valence-corrected chi connectivity index (χ2v) is 6.04. The van der Waals surface area contributed by atoms with Gasteiger partial charge in [0.15, 0.2) is 0 Å². The van der Waals surface area contributed by atoms with Crippen LogP contribution in [0.3, 0.4) is 0 Å². The van der Waals surface area contributed by atoms with Crippen LogP contribution in [-0.4, -0.2) is 36.5 Å². The highest BCUT2D eigenvalue weighted by atomic mass is 19.4. The van der Waals surface area contributed by atoms with Crippen LogP contribution >= 0.6 is 0 Å². The first-order chi connectivity index (χ1) is 9.96. The van der Waals surface area contributed by atoms with E-state index in [0.29, 0.717) is 6.42 Å². The van der Waals surface area contributed by atoms with Crippen LogP contribution in [0.5, 0.6) is 0 Å². The Morgan fingerprint density at radius 1 is 1.27 bits per heavy atom. The predicted octanol–water partition coefficient (Wildman–Crippen LogP) is 3.11. The molecule has 0 aromatic heterocycles. The summed E-state index contributed by atoms with van der Waals surface area (Å²) in [5.41, 5.74) is -0.785. The molecule has 0 saturated heterocycles. The van der Waals surface area contributed by atoms with Crippen molar-refractivity contribution in [2.45, 2.75) is 70.8 Å². The topological polar surface area (TPSA) is 74.2 Å². The van der Waals surface area contributed by atoms with Gasteiger partial charge in [0.2, 0.25) is 0 Å². The lowest BCUT2D eigenvalue weighted by molar-refractivity contribution is -0.139. The Morgan fingerprint density at radius 3 is 2.27 bits per heavy atom. The van der Waals surface area contributed by atoms with E-state index >= 15 is 0 Å². The highest BCUT2D eigenvalue weighted by Crippen LogP contribution is 2.21. The van der Waals surface area contributed by atoms with Crippen molar-refractivity contribution in [1.29, 1.82) is 5.26 Å². The van der Waals surface area contributed by atoms with Gasteiger partial charge in [0.1, 0.15) is 5.60 Å². The minimum absolute atomic E-state index is 0.0844. The summed E-state index contributed by atoms with van der Waals surface area (Å²) in [5, 5.41) is 13.7. The lowest BCUT2D eigenvalue weighted by atomic mass is 10.1. The molecule has 1 amide bonds. The summed E-state index contributed by atoms with van der Waals surface area (Å²) >= 11 is 0. The number of carbonyl (C=O) groups excluding carboxylic acids is 1. The van der Waals surface area contributed by atoms with Crippen molar-refractivity contribution < 1.29 is 22.7 Å². The van der Waals surface area contributed by atoms with Gasteiger partial charge in [-0.1, -0.05) is 6.92 Å². The number of nitrogens with one attached hydrogen (secondary N) is 2. The zero-order valence-corrected chi connectivity index (χ0v) is 13.4. The minimum atomic E-state index is -4.40. The molecule has 0 spiro atoms. The molecule has 0 aliphatic heterocycles. The fraction of sp³-hybridized carbons (Fsp3) is 0.857. The predicted molar refractivity (Wildman–Crippen MR) is 76.1 cm³/mol. The number of rotatable bonds is 7. The first kappa shape index (κ1) is 20.5. The first-order valence-electron chi connectivity index (χ1n) is 7.13. The number of ether oxygens (including phenoxy) is 1. The molecule has 0 aromatic carbocycles. The van der Waals surface area contributed by atoms with Gasteiger partial charge in [-0.2, -0.15) is 18.4 Å². The van der Waals surface area contributed by atoms with Crippen LogP contribution in [0.25, 0.3) is 0 Å². The van der Waals surface area contributed by atoms with Crippen LogP contribution in [-0.2, 0) is 4.74 Å². The number of amides is 1. The molecular formula is C14H24F3N3O2. The van der Waals surface area contributed by atoms with Gasteiger partial charge in [-0.25, -0.2) is 4.79 Å². The molecule has 2 unspecified atom stereocenters. The standard InChI is InChI=1S/C14H24F3N3O2/c1-5-10(6-7-18)19-9-11(8-14(15,16)17)20-12(21)22-13(2,3)4/h10-11,19H,5-6,8-9H2,1-4H3,(H,20,21). The normalized spacial score (nSPS) is 14.8. The Morgan fingerprint density at radius 2 is 1.86 bits per heavy atom. The monoisotopic (exact) mass is 323 g/mol. The molecule has 8 heteroatoms. The van der Waals surface area contributed by atoms with Gasteiger partial charge in [0.05, 0.1) is 25.0 Å². The molecule has 128 valence electrons. The summed E-state index contributed by atoms with van der Waals surface area (Å²) in [6, 6.07) is 0.608. The van der Waals surface area contributed by atoms with Gasteiger partial charge in [0.25, 0.3) is 0 Å². The van der Waals surface area contributed by atoms with E-state index in [1.54, 1.807) is 20.8 Å². The maximum Gasteiger partial charge on any atom is 0.407 e. The Hall–Kier alpha value is -1.49. The number of hydrogen-bond donors (Lipinski definition) is 2. The van der Waals surface area contributed by atoms with Gasteiger partial charge in [-0.05, 0) is 27.2 Å². The van der Waals surface area contributed by atoms with E-state index in [1.165, 1.54) is 0 Å². The van der Waals surface area contributed by atoms with Crippen molar-refractivity contribution in [3.05, 3.63) is 0 Å². The number of halogens is 3. The third-order valence-electron chi connectivity index (χ3n) is 2.68. The molecular weight excluding hydrogens is 299 g/mol. The van der Waals surface area contributed by atoms with Gasteiger partial charge in [0, 0.05) is 12.6 Å². The van der Waals surface area contributed by atoms with E-state index in [0.717, 1.165) is 0 Å². The van der Waals surface area contributed by atoms with Gasteiger partial charge < -0.3 is 15.4 Å². The summed E-state index contributed by atoms with van der Waals surface area (Å²) in [6.45, 7) is 6.63. The smallest absolute Gasteiger partial charge is 0.407 e. The largest absolute Gasteiger partial charge is 0.444 e. The third-order valence-corrected chi connectivity index (χ3v) is 2.68. The van der Waals surface area contributed by atoms with Crippen molar-refractivity contribution in [2.24, 2.45) is 0 Å². The third kappa shape index (κ3) is 11.2. The lowest BCUT2D eigenvalue weighted by Crippen LogP contribution is -2.48. The molecule has 0 aliphatic carbocycles. The van der Waals surface area contributed by atoms with Crippen molar-refractivity contribution >= 4 is 6.09 Å². The quantitative estimate of drug-likeness (QED) is 0.755. The van der Waals surface area contributed by atoms with Crippen molar-refractivity contribution in [1.82, 2.24) is 10.6 Å². The average Bonchev–Trinajstić information content (AvgIpc) is 2.29. The molecule has 0 rings (SSSR count). The van der Waals surface area contributed by atoms with E-state index in [2.05, 4.69) is 10.6 Å². The highest BCUT2D eigenvalue weighted by Gasteiger charge is 2.33. The number of carbonyl (C=O) groups is 1. The number of nitriles is 1. The van der Waals surface area contributed by atoms with Gasteiger partial charge in [-0.3, -0.25) is 0 Å². The van der Waals surface area contributed by atoms with E-state index in [-0.39, 0.29) is 19.0 Å². The molecule has 0 heterocycles. The summed E-state index contributed by atoms with van der Waals surface area (Å²) in [5.74, 6) is 0. The first-order valence-corrected chi connectivity index (χ1v) is 7.13. The zero-order chi connectivity index (χ0) is 17.4. The summed E-state index contributed by atoms with van der Waals surface area (Å²) in [4.78, 5) is 11.6. The summed E-state index contributed by atoms with van der Waals surface area (Å²) < 4.78 is 42.7. The molecule has 0 aliphatic rings. The highest BCUT2D eigenvalue weighted by molar-refractivity contribution is 5.68. The average molecular weight is 323 g/mol. The Bertz CT molecular complexity index is 386. The van der Waals surface area contributed by atoms with Crippen LogP contribution in [0, 0.1) is 11.3 Å². The van der Waals surface area contributed by atoms with Crippen LogP contribution in [0.15, 0.2) is 0 Å². The molecule has 2 N–H and O–H groups in total. The van der Waals surface area contributed by atoms with Crippen LogP contribution in [0.2, 0.25) is 0 Å². The van der Waals surface area contributed by atoms with Gasteiger partial charge in [-0.15, -0.1) is 0 Å². The van der Waals surface area contributed by atoms with Crippen LogP contribution < -0.4 is 10.6 Å². The van der Waals surface area contributed by atoms with E-state index < -0.39 is 30.3 Å². The fourth-order valence-electron chi connectivity index (χ4n) is 1.71. The Kier molecular flexibility index (Phi) is 8.23. The molecule has 0 fully saturated rings. The number of alkyl halides is 3. The Balaban J connectivity index is 4.63. The van der Waals surface area contributed by atoms with E-state index in [1.807, 2.05) is 13.0 Å². The molecule has 0 aromatic rings. The van der Waals surface area contributed by atoms with Gasteiger partial charge >= 0.3 is 12.3 Å². The van der Waals surface area contributed by atoms with Crippen LogP contribution in [0.4, 0.5) is 18.0 Å². The molecule has 5 nitrogen and oxygen atoms in total. The molecule has 22 heavy (non-hydrogen) atoms. The fourth-order valence-corrected chi connectivity index (χ4v) is 1.71. The maximum atomic E-state index is 12.6. The maximum absolute atomic E-state index is 12.6. The van der Waals surface area contributed by atoms with Crippen LogP contribution in [0.1, 0.15) is 47.0 Å². The second-order valence-electron chi connectivity index (χ2n) is 6.04. The van der Waals surface area contributed by atoms with E-state index in [4.69, 9.17) is 10.00 Å². The van der Waals surface area contributed by atoms with E-state index in [9.17, 15) is 18.0 Å². The second kappa shape index (κ2) is 8.83. The minimum Gasteiger partial charge on any atom is -0.444 e. The van der Waals surface area contributed by atoms with Crippen molar-refractivity contribution in [3.63, 3.8) is 0 Å². The summed E-state index contributed by atoms with van der Waals surface area (Å²) in [7, 11) is 0. The lowest BCUT2D eigenvalue weighted by Gasteiger charge is -2.25.